The first-order valence-corrected chi connectivity index (χ1v) is 9.42. The number of amides is 2. The van der Waals surface area contributed by atoms with Gasteiger partial charge in [0, 0.05) is 5.56 Å². The number of thiophene rings is 1. The molecule has 3 rings (SSSR count). The lowest BCUT2D eigenvalue weighted by Gasteiger charge is -2.04. The molecule has 2 N–H and O–H groups in total. The molecule has 0 aliphatic carbocycles. The molecule has 0 aliphatic rings. The molecule has 3 aromatic rings. The Morgan fingerprint density at radius 3 is 2.38 bits per heavy atom. The topological polar surface area (TPSA) is 71.1 Å². The van der Waals surface area contributed by atoms with E-state index in [4.69, 9.17) is 11.6 Å². The van der Waals surface area contributed by atoms with Gasteiger partial charge in [-0.25, -0.2) is 4.98 Å². The average Bonchev–Trinajstić information content (AvgIpc) is 3.22. The van der Waals surface area contributed by atoms with E-state index in [0.29, 0.717) is 19.8 Å². The number of nitrogens with one attached hydrogen (secondary N) is 2. The number of carbonyl (C=O) groups excluding carboxylic acids is 2. The standard InChI is InChI=1S/C15H9BrClN3O2S2/c16-12-6-5-10(23-12)13(21)19-20-14(22)11-7-18-15(24-11)8-3-1-2-4-9(8)17/h1-7H,(H,19,21)(H,20,22). The van der Waals surface area contributed by atoms with Crippen molar-refractivity contribution in [3.05, 3.63) is 61.2 Å². The van der Waals surface area contributed by atoms with Crippen molar-refractivity contribution < 1.29 is 9.59 Å². The highest BCUT2D eigenvalue weighted by Gasteiger charge is 2.15. The van der Waals surface area contributed by atoms with Gasteiger partial charge in [-0.1, -0.05) is 29.8 Å². The molecule has 0 saturated carbocycles. The number of hydrogen-bond acceptors (Lipinski definition) is 5. The summed E-state index contributed by atoms with van der Waals surface area (Å²) >= 11 is 11.9. The zero-order chi connectivity index (χ0) is 17.1. The summed E-state index contributed by atoms with van der Waals surface area (Å²) in [7, 11) is 0. The summed E-state index contributed by atoms with van der Waals surface area (Å²) in [5.74, 6) is -0.815. The smallest absolute Gasteiger partial charge is 0.266 e. The van der Waals surface area contributed by atoms with Crippen LogP contribution in [-0.2, 0) is 0 Å². The Balaban J connectivity index is 1.66. The van der Waals surface area contributed by atoms with Crippen LogP contribution in [-0.4, -0.2) is 16.8 Å². The third kappa shape index (κ3) is 3.84. The van der Waals surface area contributed by atoms with Crippen LogP contribution in [0.5, 0.6) is 0 Å². The summed E-state index contributed by atoms with van der Waals surface area (Å²) in [5.41, 5.74) is 5.51. The van der Waals surface area contributed by atoms with Crippen LogP contribution in [0.3, 0.4) is 0 Å². The molecule has 1 aromatic carbocycles. The van der Waals surface area contributed by atoms with Crippen molar-refractivity contribution in [2.75, 3.05) is 0 Å². The molecule has 0 fully saturated rings. The highest BCUT2D eigenvalue weighted by molar-refractivity contribution is 9.11. The summed E-state index contributed by atoms with van der Waals surface area (Å²) in [6, 6.07) is 10.7. The monoisotopic (exact) mass is 441 g/mol. The maximum Gasteiger partial charge on any atom is 0.281 e. The second-order valence-electron chi connectivity index (χ2n) is 4.52. The van der Waals surface area contributed by atoms with E-state index in [1.54, 1.807) is 18.2 Å². The van der Waals surface area contributed by atoms with Crippen molar-refractivity contribution in [3.8, 4) is 10.6 Å². The molecule has 0 atom stereocenters. The summed E-state index contributed by atoms with van der Waals surface area (Å²) in [6.07, 6.45) is 1.45. The Kier molecular flexibility index (Phi) is 5.30. The quantitative estimate of drug-likeness (QED) is 0.592. The van der Waals surface area contributed by atoms with E-state index in [1.165, 1.54) is 28.9 Å². The van der Waals surface area contributed by atoms with Crippen LogP contribution in [0, 0.1) is 0 Å². The lowest BCUT2D eigenvalue weighted by atomic mass is 10.2. The molecule has 2 amide bonds. The maximum absolute atomic E-state index is 12.1. The van der Waals surface area contributed by atoms with E-state index in [0.717, 1.165) is 9.35 Å². The molecule has 122 valence electrons. The first kappa shape index (κ1) is 17.1. The fraction of sp³-hybridized carbons (Fsp3) is 0. The molecular weight excluding hydrogens is 434 g/mol. The van der Waals surface area contributed by atoms with E-state index in [2.05, 4.69) is 31.8 Å². The van der Waals surface area contributed by atoms with Crippen molar-refractivity contribution in [2.45, 2.75) is 0 Å². The van der Waals surface area contributed by atoms with Gasteiger partial charge in [-0.15, -0.1) is 22.7 Å². The number of halogens is 2. The number of carbonyl (C=O) groups is 2. The second-order valence-corrected chi connectivity index (χ2v) is 8.42. The predicted octanol–water partition coefficient (Wildman–Crippen LogP) is 4.36. The van der Waals surface area contributed by atoms with Gasteiger partial charge in [0.15, 0.2) is 0 Å². The largest absolute Gasteiger partial charge is 0.281 e. The first-order valence-electron chi connectivity index (χ1n) is 6.61. The van der Waals surface area contributed by atoms with Crippen LogP contribution in [0.4, 0.5) is 0 Å². The zero-order valence-electron chi connectivity index (χ0n) is 11.9. The summed E-state index contributed by atoms with van der Waals surface area (Å²) in [5, 5.41) is 1.20. The highest BCUT2D eigenvalue weighted by atomic mass is 79.9. The fourth-order valence-electron chi connectivity index (χ4n) is 1.81. The molecule has 0 spiro atoms. The number of aromatic nitrogens is 1. The lowest BCUT2D eigenvalue weighted by Crippen LogP contribution is -2.41. The molecule has 5 nitrogen and oxygen atoms in total. The van der Waals surface area contributed by atoms with E-state index in [-0.39, 0.29) is 5.91 Å². The zero-order valence-corrected chi connectivity index (χ0v) is 15.9. The Morgan fingerprint density at radius 1 is 1.00 bits per heavy atom. The van der Waals surface area contributed by atoms with Crippen LogP contribution in [0.25, 0.3) is 10.6 Å². The van der Waals surface area contributed by atoms with Crippen molar-refractivity contribution in [2.24, 2.45) is 0 Å². The Bertz CT molecular complexity index is 910. The van der Waals surface area contributed by atoms with Gasteiger partial charge in [0.05, 0.1) is 19.9 Å². The third-order valence-electron chi connectivity index (χ3n) is 2.92. The van der Waals surface area contributed by atoms with Gasteiger partial charge in [-0.3, -0.25) is 20.4 Å². The molecule has 2 aromatic heterocycles. The molecule has 2 heterocycles. The van der Waals surface area contributed by atoms with Crippen molar-refractivity contribution >= 4 is 62.0 Å². The third-order valence-corrected chi connectivity index (χ3v) is 5.90. The minimum absolute atomic E-state index is 0.373. The molecule has 0 bridgehead atoms. The minimum atomic E-state index is -0.435. The van der Waals surface area contributed by atoms with E-state index in [9.17, 15) is 9.59 Å². The molecule has 24 heavy (non-hydrogen) atoms. The number of nitrogens with zero attached hydrogens (tertiary/aromatic N) is 1. The van der Waals surface area contributed by atoms with Gasteiger partial charge in [-0.2, -0.15) is 0 Å². The van der Waals surface area contributed by atoms with Crippen LogP contribution in [0.1, 0.15) is 19.3 Å². The molecular formula is C15H9BrClN3O2S2. The maximum atomic E-state index is 12.1. The summed E-state index contributed by atoms with van der Waals surface area (Å²) in [6.45, 7) is 0. The van der Waals surface area contributed by atoms with E-state index in [1.807, 2.05) is 18.2 Å². The first-order chi connectivity index (χ1) is 11.5. The van der Waals surface area contributed by atoms with Crippen LogP contribution >= 0.6 is 50.2 Å². The van der Waals surface area contributed by atoms with Crippen molar-refractivity contribution in [1.82, 2.24) is 15.8 Å². The molecule has 0 saturated heterocycles. The van der Waals surface area contributed by atoms with Gasteiger partial charge in [0.1, 0.15) is 9.88 Å². The van der Waals surface area contributed by atoms with E-state index >= 15 is 0 Å². The molecule has 9 heteroatoms. The Morgan fingerprint density at radius 2 is 1.71 bits per heavy atom. The molecule has 0 radical (unpaired) electrons. The van der Waals surface area contributed by atoms with Gasteiger partial charge in [0.25, 0.3) is 11.8 Å². The predicted molar refractivity (Wildman–Crippen MR) is 99.5 cm³/mol. The van der Waals surface area contributed by atoms with E-state index < -0.39 is 5.91 Å². The van der Waals surface area contributed by atoms with Crippen molar-refractivity contribution in [3.63, 3.8) is 0 Å². The average molecular weight is 443 g/mol. The van der Waals surface area contributed by atoms with Crippen LogP contribution in [0.15, 0.2) is 46.4 Å². The number of rotatable bonds is 3. The van der Waals surface area contributed by atoms with Gasteiger partial charge in [0.2, 0.25) is 0 Å². The molecule has 0 aliphatic heterocycles. The Hall–Kier alpha value is -1.74. The SMILES string of the molecule is O=C(NNC(=O)c1cnc(-c2ccccc2Cl)s1)c1ccc(Br)s1. The van der Waals surface area contributed by atoms with Crippen LogP contribution in [0.2, 0.25) is 5.02 Å². The number of hydrazine groups is 1. The number of benzene rings is 1. The van der Waals surface area contributed by atoms with Crippen LogP contribution < -0.4 is 10.9 Å². The summed E-state index contributed by atoms with van der Waals surface area (Å²) < 4.78 is 0.839. The summed E-state index contributed by atoms with van der Waals surface area (Å²) in [4.78, 5) is 29.1. The number of thiazole rings is 1. The Labute approximate surface area is 158 Å². The number of hydrogen-bond donors (Lipinski definition) is 2. The second kappa shape index (κ2) is 7.43. The van der Waals surface area contributed by atoms with Gasteiger partial charge in [-0.05, 0) is 34.1 Å². The van der Waals surface area contributed by atoms with Gasteiger partial charge >= 0.3 is 0 Å². The normalized spacial score (nSPS) is 10.4. The lowest BCUT2D eigenvalue weighted by molar-refractivity contribution is 0.0851. The molecule has 0 unspecified atom stereocenters. The van der Waals surface area contributed by atoms with Gasteiger partial charge < -0.3 is 0 Å². The highest BCUT2D eigenvalue weighted by Crippen LogP contribution is 2.30. The fourth-order valence-corrected chi connectivity index (χ4v) is 4.22. The minimum Gasteiger partial charge on any atom is -0.266 e. The van der Waals surface area contributed by atoms with Crippen molar-refractivity contribution in [1.29, 1.82) is 0 Å².